The predicted molar refractivity (Wildman–Crippen MR) is 116 cm³/mol. The molecule has 1 atom stereocenters. The zero-order valence-corrected chi connectivity index (χ0v) is 15.6. The summed E-state index contributed by atoms with van der Waals surface area (Å²) in [5.41, 5.74) is 5.97. The molecular weight excluding hydrogens is 340 g/mol. The summed E-state index contributed by atoms with van der Waals surface area (Å²) in [6.45, 7) is 0. The van der Waals surface area contributed by atoms with E-state index in [9.17, 15) is 0 Å². The molecule has 134 valence electrons. The zero-order valence-electron chi connectivity index (χ0n) is 15.6. The molecule has 0 radical (unpaired) electrons. The number of hydrogen-bond donors (Lipinski definition) is 0. The molecule has 0 spiro atoms. The van der Waals surface area contributed by atoms with Crippen LogP contribution in [0.1, 0.15) is 35.6 Å². The average molecular weight is 360 g/mol. The molecule has 1 aromatic heterocycles. The fraction of sp³-hybridized carbons (Fsp3) is 0.154. The Morgan fingerprint density at radius 3 is 2.50 bits per heavy atom. The third-order valence-corrected chi connectivity index (χ3v) is 6.17. The van der Waals surface area contributed by atoms with E-state index in [2.05, 4.69) is 54.6 Å². The van der Waals surface area contributed by atoms with E-state index in [0.29, 0.717) is 5.92 Å². The molecule has 0 saturated carbocycles. The highest BCUT2D eigenvalue weighted by molar-refractivity contribution is 6.09. The van der Waals surface area contributed by atoms with Gasteiger partial charge in [0.25, 0.3) is 0 Å². The van der Waals surface area contributed by atoms with Crippen molar-refractivity contribution < 1.29 is 0 Å². The minimum Gasteiger partial charge on any atom is -0.253 e. The first-order chi connectivity index (χ1) is 13.9. The number of hydrogen-bond acceptors (Lipinski definition) is 2. The van der Waals surface area contributed by atoms with Crippen LogP contribution in [0.4, 0.5) is 0 Å². The fourth-order valence-electron chi connectivity index (χ4n) is 4.86. The summed E-state index contributed by atoms with van der Waals surface area (Å²) in [5.74, 6) is 0.311. The first kappa shape index (κ1) is 15.8. The van der Waals surface area contributed by atoms with Gasteiger partial charge in [0.15, 0.2) is 0 Å². The van der Waals surface area contributed by atoms with Crippen LogP contribution in [0, 0.1) is 0 Å². The summed E-state index contributed by atoms with van der Waals surface area (Å²) in [4.78, 5) is 9.70. The molecule has 2 heteroatoms. The molecule has 6 rings (SSSR count). The quantitative estimate of drug-likeness (QED) is 0.323. The Morgan fingerprint density at radius 2 is 1.54 bits per heavy atom. The van der Waals surface area contributed by atoms with Gasteiger partial charge in [-0.1, -0.05) is 60.7 Å². The van der Waals surface area contributed by atoms with Crippen molar-refractivity contribution in [3.63, 3.8) is 0 Å². The standard InChI is InChI=1S/C26H20N2/c1-2-8-19-17(6-1)12-15-21-20(19)14-13-18-7-5-9-22(26(18)21)25-16-27-23-10-3-4-11-24(23)28-25/h1-4,6,8,10-16,22H,5,7,9H2. The number of nitrogens with zero attached hydrogens (tertiary/aromatic N) is 2. The van der Waals surface area contributed by atoms with Gasteiger partial charge >= 0.3 is 0 Å². The maximum Gasteiger partial charge on any atom is 0.0890 e. The number of aromatic nitrogens is 2. The molecule has 1 aliphatic carbocycles. The molecule has 0 fully saturated rings. The van der Waals surface area contributed by atoms with E-state index < -0.39 is 0 Å². The van der Waals surface area contributed by atoms with Crippen LogP contribution >= 0.6 is 0 Å². The topological polar surface area (TPSA) is 25.8 Å². The van der Waals surface area contributed by atoms with Gasteiger partial charge in [-0.15, -0.1) is 0 Å². The lowest BCUT2D eigenvalue weighted by atomic mass is 9.78. The monoisotopic (exact) mass is 360 g/mol. The summed E-state index contributed by atoms with van der Waals surface area (Å²) in [6, 6.07) is 26.0. The Morgan fingerprint density at radius 1 is 0.714 bits per heavy atom. The van der Waals surface area contributed by atoms with Crippen LogP contribution in [0.2, 0.25) is 0 Å². The Labute approximate surface area is 163 Å². The van der Waals surface area contributed by atoms with E-state index in [-0.39, 0.29) is 0 Å². The van der Waals surface area contributed by atoms with Gasteiger partial charge in [0.1, 0.15) is 0 Å². The van der Waals surface area contributed by atoms with Gasteiger partial charge in [-0.25, -0.2) is 4.98 Å². The van der Waals surface area contributed by atoms with Crippen molar-refractivity contribution in [2.75, 3.05) is 0 Å². The van der Waals surface area contributed by atoms with Crippen molar-refractivity contribution in [3.8, 4) is 0 Å². The number of para-hydroxylation sites is 2. The normalized spacial score (nSPS) is 16.5. The van der Waals surface area contributed by atoms with Gasteiger partial charge in [-0.2, -0.15) is 0 Å². The third-order valence-electron chi connectivity index (χ3n) is 6.17. The number of fused-ring (bicyclic) bond motifs is 6. The van der Waals surface area contributed by atoms with E-state index in [1.807, 2.05) is 24.4 Å². The maximum absolute atomic E-state index is 5.00. The molecule has 28 heavy (non-hydrogen) atoms. The second-order valence-corrected chi connectivity index (χ2v) is 7.75. The van der Waals surface area contributed by atoms with E-state index in [4.69, 9.17) is 9.97 Å². The lowest BCUT2D eigenvalue weighted by molar-refractivity contribution is 0.609. The van der Waals surface area contributed by atoms with Crippen LogP contribution in [0.5, 0.6) is 0 Å². The van der Waals surface area contributed by atoms with Gasteiger partial charge in [0.05, 0.1) is 16.7 Å². The molecule has 0 amide bonds. The van der Waals surface area contributed by atoms with Crippen LogP contribution in [0.15, 0.2) is 79.0 Å². The van der Waals surface area contributed by atoms with E-state index in [0.717, 1.165) is 29.6 Å². The van der Waals surface area contributed by atoms with Crippen molar-refractivity contribution in [1.29, 1.82) is 0 Å². The van der Waals surface area contributed by atoms with E-state index in [1.165, 1.54) is 39.1 Å². The molecule has 0 aliphatic heterocycles. The molecular formula is C26H20N2. The smallest absolute Gasteiger partial charge is 0.0890 e. The van der Waals surface area contributed by atoms with Gasteiger partial charge in [0, 0.05) is 12.1 Å². The lowest BCUT2D eigenvalue weighted by Crippen LogP contribution is -2.13. The predicted octanol–water partition coefficient (Wildman–Crippen LogP) is 6.40. The minimum atomic E-state index is 0.311. The second-order valence-electron chi connectivity index (χ2n) is 7.75. The Bertz CT molecular complexity index is 1350. The van der Waals surface area contributed by atoms with Crippen LogP contribution in [-0.4, -0.2) is 9.97 Å². The SMILES string of the molecule is c1ccc2c(c1)ccc1c3c(ccc12)CCCC3c1cnc2ccccc2n1. The van der Waals surface area contributed by atoms with Crippen molar-refractivity contribution in [1.82, 2.24) is 9.97 Å². The summed E-state index contributed by atoms with van der Waals surface area (Å²) < 4.78 is 0. The number of benzene rings is 4. The molecule has 1 heterocycles. The van der Waals surface area contributed by atoms with Crippen molar-refractivity contribution in [2.24, 2.45) is 0 Å². The van der Waals surface area contributed by atoms with Gasteiger partial charge in [-0.05, 0) is 64.1 Å². The Kier molecular flexibility index (Phi) is 3.45. The van der Waals surface area contributed by atoms with E-state index >= 15 is 0 Å². The van der Waals surface area contributed by atoms with Crippen molar-refractivity contribution in [3.05, 3.63) is 95.8 Å². The zero-order chi connectivity index (χ0) is 18.5. The Balaban J connectivity index is 1.62. The Hall–Kier alpha value is -3.26. The molecule has 0 N–H and O–H groups in total. The van der Waals surface area contributed by atoms with Crippen LogP contribution in [0.3, 0.4) is 0 Å². The number of aryl methyl sites for hydroxylation is 1. The van der Waals surface area contributed by atoms with E-state index in [1.54, 1.807) is 0 Å². The molecule has 0 saturated heterocycles. The average Bonchev–Trinajstić information content (AvgIpc) is 2.78. The highest BCUT2D eigenvalue weighted by Crippen LogP contribution is 2.41. The molecule has 5 aromatic rings. The highest BCUT2D eigenvalue weighted by Gasteiger charge is 2.26. The summed E-state index contributed by atoms with van der Waals surface area (Å²) in [6.07, 6.45) is 5.47. The molecule has 4 aromatic carbocycles. The molecule has 1 unspecified atom stereocenters. The molecule has 0 bridgehead atoms. The van der Waals surface area contributed by atoms with Gasteiger partial charge in [0.2, 0.25) is 0 Å². The largest absolute Gasteiger partial charge is 0.253 e. The first-order valence-corrected chi connectivity index (χ1v) is 10.0. The minimum absolute atomic E-state index is 0.311. The van der Waals surface area contributed by atoms with Crippen LogP contribution in [0.25, 0.3) is 32.6 Å². The maximum atomic E-state index is 5.00. The fourth-order valence-corrected chi connectivity index (χ4v) is 4.86. The van der Waals surface area contributed by atoms with Gasteiger partial charge < -0.3 is 0 Å². The first-order valence-electron chi connectivity index (χ1n) is 10.0. The summed E-state index contributed by atoms with van der Waals surface area (Å²) in [5, 5.41) is 5.35. The highest BCUT2D eigenvalue weighted by atomic mass is 14.8. The van der Waals surface area contributed by atoms with Crippen molar-refractivity contribution >= 4 is 32.6 Å². The summed E-state index contributed by atoms with van der Waals surface area (Å²) >= 11 is 0. The molecule has 1 aliphatic rings. The van der Waals surface area contributed by atoms with Crippen LogP contribution < -0.4 is 0 Å². The number of rotatable bonds is 1. The third kappa shape index (κ3) is 2.34. The molecule has 2 nitrogen and oxygen atoms in total. The lowest BCUT2D eigenvalue weighted by Gasteiger charge is -2.27. The summed E-state index contributed by atoms with van der Waals surface area (Å²) in [7, 11) is 0. The van der Waals surface area contributed by atoms with Crippen LogP contribution in [-0.2, 0) is 6.42 Å². The second kappa shape index (κ2) is 6.13. The van der Waals surface area contributed by atoms with Gasteiger partial charge in [-0.3, -0.25) is 4.98 Å². The van der Waals surface area contributed by atoms with Crippen molar-refractivity contribution in [2.45, 2.75) is 25.2 Å².